The van der Waals surface area contributed by atoms with Crippen molar-refractivity contribution in [2.75, 3.05) is 0 Å². The first-order chi connectivity index (χ1) is 6.85. The molecule has 1 aliphatic carbocycles. The molecular formula is C7H8F7NO. The first-order valence-electron chi connectivity index (χ1n) is 4.14. The maximum Gasteiger partial charge on any atom is 0.459 e. The Morgan fingerprint density at radius 2 is 1.38 bits per heavy atom. The Kier molecular flexibility index (Phi) is 2.72. The van der Waals surface area contributed by atoms with E-state index in [1.54, 1.807) is 0 Å². The Balaban J connectivity index is 3.02. The minimum absolute atomic E-state index is 0.994. The lowest BCUT2D eigenvalue weighted by Gasteiger charge is -2.49. The van der Waals surface area contributed by atoms with Crippen LogP contribution in [0.15, 0.2) is 0 Å². The number of halogens is 7. The smallest absolute Gasteiger partial charge is 0.393 e. The van der Waals surface area contributed by atoms with Crippen molar-refractivity contribution >= 4 is 0 Å². The molecule has 0 bridgehead atoms. The maximum absolute atomic E-state index is 13.0. The molecule has 96 valence electrons. The zero-order valence-corrected chi connectivity index (χ0v) is 7.66. The molecule has 0 aromatic rings. The average molecular weight is 255 g/mol. The van der Waals surface area contributed by atoms with E-state index in [1.807, 2.05) is 0 Å². The third kappa shape index (κ3) is 1.56. The van der Waals surface area contributed by atoms with E-state index in [4.69, 9.17) is 10.8 Å². The van der Waals surface area contributed by atoms with Gasteiger partial charge in [-0.05, 0) is 12.8 Å². The van der Waals surface area contributed by atoms with Gasteiger partial charge in [-0.15, -0.1) is 0 Å². The van der Waals surface area contributed by atoms with Crippen molar-refractivity contribution in [3.8, 4) is 0 Å². The predicted molar refractivity (Wildman–Crippen MR) is 38.1 cm³/mol. The summed E-state index contributed by atoms with van der Waals surface area (Å²) in [7, 11) is 0. The number of nitrogens with two attached hydrogens (primary N) is 1. The van der Waals surface area contributed by atoms with Crippen molar-refractivity contribution in [2.45, 2.75) is 42.5 Å². The van der Waals surface area contributed by atoms with Crippen LogP contribution in [0.5, 0.6) is 0 Å². The Bertz CT molecular complexity index is 281. The molecule has 1 aliphatic rings. The lowest BCUT2D eigenvalue weighted by atomic mass is 9.69. The molecule has 0 aliphatic heterocycles. The number of aliphatic hydroxyl groups is 1. The summed E-state index contributed by atoms with van der Waals surface area (Å²) in [6.45, 7) is 0. The van der Waals surface area contributed by atoms with E-state index in [0.717, 1.165) is 0 Å². The maximum atomic E-state index is 13.0. The Hall–Kier alpha value is -0.570. The first-order valence-corrected chi connectivity index (χ1v) is 4.14. The van der Waals surface area contributed by atoms with Gasteiger partial charge < -0.3 is 10.8 Å². The number of hydrogen-bond donors (Lipinski definition) is 2. The minimum Gasteiger partial charge on any atom is -0.393 e. The second kappa shape index (κ2) is 3.22. The monoisotopic (exact) mass is 255 g/mol. The summed E-state index contributed by atoms with van der Waals surface area (Å²) in [5.41, 5.74) is 1.74. The van der Waals surface area contributed by atoms with Gasteiger partial charge in [0.2, 0.25) is 0 Å². The van der Waals surface area contributed by atoms with Gasteiger partial charge in [-0.3, -0.25) is 0 Å². The Labute approximate surface area is 85.2 Å². The topological polar surface area (TPSA) is 46.2 Å². The molecule has 0 atom stereocenters. The molecule has 0 amide bonds. The zero-order valence-electron chi connectivity index (χ0n) is 7.66. The highest BCUT2D eigenvalue weighted by atomic mass is 19.4. The van der Waals surface area contributed by atoms with Crippen molar-refractivity contribution in [1.29, 1.82) is 0 Å². The molecule has 0 spiro atoms. The van der Waals surface area contributed by atoms with Gasteiger partial charge in [-0.1, -0.05) is 0 Å². The lowest BCUT2D eigenvalue weighted by molar-refractivity contribution is -0.376. The van der Waals surface area contributed by atoms with Crippen molar-refractivity contribution in [3.63, 3.8) is 0 Å². The van der Waals surface area contributed by atoms with Gasteiger partial charge in [-0.2, -0.15) is 30.7 Å². The second-order valence-electron chi connectivity index (χ2n) is 3.86. The fourth-order valence-electron chi connectivity index (χ4n) is 1.53. The molecule has 0 unspecified atom stereocenters. The van der Waals surface area contributed by atoms with E-state index in [0.29, 0.717) is 0 Å². The highest BCUT2D eigenvalue weighted by Crippen LogP contribution is 2.55. The van der Waals surface area contributed by atoms with Crippen LogP contribution in [0.4, 0.5) is 30.7 Å². The van der Waals surface area contributed by atoms with Gasteiger partial charge in [0.15, 0.2) is 0 Å². The van der Waals surface area contributed by atoms with Crippen LogP contribution in [-0.2, 0) is 0 Å². The third-order valence-corrected chi connectivity index (χ3v) is 2.58. The van der Waals surface area contributed by atoms with Crippen LogP contribution < -0.4 is 5.73 Å². The molecule has 0 heterocycles. The van der Waals surface area contributed by atoms with Gasteiger partial charge in [-0.25, -0.2) is 0 Å². The van der Waals surface area contributed by atoms with Gasteiger partial charge in [0.05, 0.1) is 11.6 Å². The van der Waals surface area contributed by atoms with Crippen molar-refractivity contribution in [1.82, 2.24) is 0 Å². The highest BCUT2D eigenvalue weighted by molar-refractivity contribution is 5.14. The molecule has 2 nitrogen and oxygen atoms in total. The predicted octanol–water partition coefficient (Wildman–Crippen LogP) is 1.67. The van der Waals surface area contributed by atoms with E-state index in [1.165, 1.54) is 0 Å². The molecule has 0 aromatic carbocycles. The van der Waals surface area contributed by atoms with Crippen LogP contribution in [0.1, 0.15) is 12.8 Å². The van der Waals surface area contributed by atoms with Crippen LogP contribution >= 0.6 is 0 Å². The second-order valence-corrected chi connectivity index (χ2v) is 3.86. The van der Waals surface area contributed by atoms with Crippen LogP contribution in [0.25, 0.3) is 0 Å². The summed E-state index contributed by atoms with van der Waals surface area (Å²) in [5.74, 6) is -11.7. The molecule has 3 N–H and O–H groups in total. The van der Waals surface area contributed by atoms with E-state index >= 15 is 0 Å². The number of rotatable bonds is 2. The van der Waals surface area contributed by atoms with E-state index in [2.05, 4.69) is 0 Å². The fourth-order valence-corrected chi connectivity index (χ4v) is 1.53. The number of aliphatic hydroxyl groups excluding tert-OH is 1. The molecular weight excluding hydrogens is 247 g/mol. The van der Waals surface area contributed by atoms with E-state index in [-0.39, 0.29) is 0 Å². The summed E-state index contributed by atoms with van der Waals surface area (Å²) >= 11 is 0. The highest BCUT2D eigenvalue weighted by Gasteiger charge is 2.80. The summed E-state index contributed by atoms with van der Waals surface area (Å²) in [5, 5.41) is 8.68. The van der Waals surface area contributed by atoms with E-state index in [9.17, 15) is 30.7 Å². The molecule has 16 heavy (non-hydrogen) atoms. The van der Waals surface area contributed by atoms with Crippen molar-refractivity contribution < 1.29 is 35.8 Å². The molecule has 0 radical (unpaired) electrons. The standard InChI is InChI=1S/C7H8F7NO/c8-5(9,4(15)1-3(16)2-4)6(10,11)7(12,13)14/h3,16H,1-2,15H2. The third-order valence-electron chi connectivity index (χ3n) is 2.58. The van der Waals surface area contributed by atoms with E-state index < -0.39 is 42.5 Å². The fraction of sp³-hybridized carbons (Fsp3) is 1.00. The first kappa shape index (κ1) is 13.5. The van der Waals surface area contributed by atoms with Gasteiger partial charge in [0.1, 0.15) is 0 Å². The Morgan fingerprint density at radius 3 is 1.62 bits per heavy atom. The van der Waals surface area contributed by atoms with Crippen LogP contribution in [0, 0.1) is 0 Å². The number of hydrogen-bond acceptors (Lipinski definition) is 2. The summed E-state index contributed by atoms with van der Waals surface area (Å²) < 4.78 is 86.3. The van der Waals surface area contributed by atoms with Crippen LogP contribution in [0.2, 0.25) is 0 Å². The SMILES string of the molecule is NC1(C(F)(F)C(F)(F)C(F)(F)F)CC(O)C1. The molecule has 9 heteroatoms. The van der Waals surface area contributed by atoms with Crippen molar-refractivity contribution in [3.05, 3.63) is 0 Å². The molecule has 1 saturated carbocycles. The Morgan fingerprint density at radius 1 is 1.00 bits per heavy atom. The quantitative estimate of drug-likeness (QED) is 0.737. The molecule has 1 rings (SSSR count). The summed E-state index contributed by atoms with van der Waals surface area (Å²) in [6.07, 6.45) is -9.75. The summed E-state index contributed by atoms with van der Waals surface area (Å²) in [6, 6.07) is 0. The van der Waals surface area contributed by atoms with Crippen LogP contribution in [0.3, 0.4) is 0 Å². The average Bonchev–Trinajstić information content (AvgIpc) is 1.98. The molecule has 0 saturated heterocycles. The summed E-state index contributed by atoms with van der Waals surface area (Å²) in [4.78, 5) is 0. The molecule has 0 aromatic heterocycles. The minimum atomic E-state index is -6.39. The largest absolute Gasteiger partial charge is 0.459 e. The normalized spacial score (nSPS) is 32.4. The zero-order chi connectivity index (χ0) is 13.0. The van der Waals surface area contributed by atoms with Crippen LogP contribution in [-0.4, -0.2) is 34.8 Å². The molecule has 1 fully saturated rings. The number of alkyl halides is 7. The van der Waals surface area contributed by atoms with Crippen molar-refractivity contribution in [2.24, 2.45) is 5.73 Å². The lowest BCUT2D eigenvalue weighted by Crippen LogP contribution is -2.73. The van der Waals surface area contributed by atoms with Gasteiger partial charge in [0, 0.05) is 0 Å². The van der Waals surface area contributed by atoms with Gasteiger partial charge in [0.25, 0.3) is 0 Å². The van der Waals surface area contributed by atoms with Gasteiger partial charge >= 0.3 is 18.0 Å².